The summed E-state index contributed by atoms with van der Waals surface area (Å²) in [6.07, 6.45) is 2.26. The molecule has 1 aromatic heterocycles. The Kier molecular flexibility index (Phi) is 5.36. The smallest absolute Gasteiger partial charge is 0.359 e. The van der Waals surface area contributed by atoms with Crippen LogP contribution in [0.2, 0.25) is 0 Å². The van der Waals surface area contributed by atoms with Crippen LogP contribution in [0.3, 0.4) is 0 Å². The first-order chi connectivity index (χ1) is 11.7. The highest BCUT2D eigenvalue weighted by Gasteiger charge is 2.16. The molecule has 1 aliphatic rings. The van der Waals surface area contributed by atoms with Crippen LogP contribution in [0.5, 0.6) is 11.6 Å². The van der Waals surface area contributed by atoms with Gasteiger partial charge in [0, 0.05) is 10.8 Å². The van der Waals surface area contributed by atoms with Gasteiger partial charge in [-0.2, -0.15) is 0 Å². The largest absolute Gasteiger partial charge is 0.476 e. The second-order valence-corrected chi connectivity index (χ2v) is 6.33. The van der Waals surface area contributed by atoms with Gasteiger partial charge in [-0.25, -0.2) is 9.89 Å². The van der Waals surface area contributed by atoms with E-state index in [4.69, 9.17) is 9.84 Å². The molecule has 0 saturated carbocycles. The maximum atomic E-state index is 11.0. The number of thioether (sulfide) groups is 1. The van der Waals surface area contributed by atoms with Gasteiger partial charge in [0.15, 0.2) is 0 Å². The first kappa shape index (κ1) is 16.4. The van der Waals surface area contributed by atoms with Gasteiger partial charge in [-0.05, 0) is 49.4 Å². The molecule has 0 atom stereocenters. The van der Waals surface area contributed by atoms with Crippen molar-refractivity contribution in [3.05, 3.63) is 35.5 Å². The van der Waals surface area contributed by atoms with Crippen molar-refractivity contribution in [1.82, 2.24) is 20.7 Å². The Morgan fingerprint density at radius 3 is 3.00 bits per heavy atom. The molecule has 2 aromatic rings. The summed E-state index contributed by atoms with van der Waals surface area (Å²) in [5.74, 6) is 2.32. The van der Waals surface area contributed by atoms with Crippen LogP contribution in [0.1, 0.15) is 28.9 Å². The summed E-state index contributed by atoms with van der Waals surface area (Å²) < 4.78 is 5.48. The summed E-state index contributed by atoms with van der Waals surface area (Å²) >= 11 is 1.66. The summed E-state index contributed by atoms with van der Waals surface area (Å²) in [5, 5.41) is 25.4. The third-order valence-corrected chi connectivity index (χ3v) is 4.51. The predicted molar refractivity (Wildman–Crippen MR) is 90.2 cm³/mol. The highest BCUT2D eigenvalue weighted by Crippen LogP contribution is 2.23. The average molecular weight is 344 g/mol. The monoisotopic (exact) mass is 344 g/mol. The number of piperidine rings is 1. The van der Waals surface area contributed by atoms with Gasteiger partial charge in [0.2, 0.25) is 5.69 Å². The third-order valence-electron chi connectivity index (χ3n) is 3.49. The Morgan fingerprint density at radius 2 is 2.21 bits per heavy atom. The Labute approximate surface area is 143 Å². The van der Waals surface area contributed by atoms with Crippen molar-refractivity contribution < 1.29 is 14.6 Å². The minimum atomic E-state index is -1.18. The van der Waals surface area contributed by atoms with Crippen molar-refractivity contribution in [1.29, 1.82) is 0 Å². The molecule has 7 nitrogen and oxygen atoms in total. The topological polar surface area (TPSA) is 100 Å². The van der Waals surface area contributed by atoms with Crippen LogP contribution < -0.4 is 10.1 Å². The van der Waals surface area contributed by atoms with Crippen molar-refractivity contribution >= 4 is 17.7 Å². The second kappa shape index (κ2) is 7.86. The predicted octanol–water partition coefficient (Wildman–Crippen LogP) is 2.09. The fourth-order valence-electron chi connectivity index (χ4n) is 2.26. The molecule has 0 amide bonds. The number of hydrogen-bond acceptors (Lipinski definition) is 6. The van der Waals surface area contributed by atoms with E-state index in [1.54, 1.807) is 30.0 Å². The van der Waals surface area contributed by atoms with E-state index in [1.807, 2.05) is 6.07 Å². The zero-order valence-electron chi connectivity index (χ0n) is 12.8. The lowest BCUT2D eigenvalue weighted by molar-refractivity contribution is 0.0687. The van der Waals surface area contributed by atoms with Gasteiger partial charge in [0.25, 0.3) is 5.88 Å². The van der Waals surface area contributed by atoms with Crippen LogP contribution in [0.25, 0.3) is 0 Å². The van der Waals surface area contributed by atoms with Gasteiger partial charge >= 0.3 is 5.97 Å². The number of nitrogens with one attached hydrogen (secondary N) is 2. The van der Waals surface area contributed by atoms with Gasteiger partial charge < -0.3 is 15.2 Å². The number of rotatable bonds is 4. The first-order valence-corrected chi connectivity index (χ1v) is 8.40. The lowest BCUT2D eigenvalue weighted by Crippen LogP contribution is -2.28. The number of aromatic carboxylic acids is 1. The fourth-order valence-corrected chi connectivity index (χ4v) is 3.08. The number of benzene rings is 1. The Bertz CT molecular complexity index is 775. The highest BCUT2D eigenvalue weighted by atomic mass is 32.2. The van der Waals surface area contributed by atoms with E-state index in [-0.39, 0.29) is 11.6 Å². The average Bonchev–Trinajstić information content (AvgIpc) is 3.05. The number of carbonyl (C=O) groups is 1. The standard InChI is InChI=1S/C16H16N4O3S/c21-16(22)14-15(19-20-18-14)23-12-3-1-2-11(10-12)6-9-24-13-4-7-17-8-5-13/h1-3,10,13,17H,4-5,7-8H2,(H,21,22)(H,18,19,20). The number of ether oxygens (including phenoxy) is 1. The molecule has 0 unspecified atom stereocenters. The molecule has 0 spiro atoms. The maximum Gasteiger partial charge on any atom is 0.359 e. The van der Waals surface area contributed by atoms with Crippen LogP contribution in [0, 0.1) is 11.2 Å². The van der Waals surface area contributed by atoms with E-state index in [2.05, 4.69) is 31.9 Å². The van der Waals surface area contributed by atoms with E-state index >= 15 is 0 Å². The molecule has 1 saturated heterocycles. The number of nitrogens with zero attached hydrogens (tertiary/aromatic N) is 2. The lowest BCUT2D eigenvalue weighted by Gasteiger charge is -2.19. The molecular formula is C16H16N4O3S. The minimum Gasteiger partial charge on any atom is -0.476 e. The summed E-state index contributed by atoms with van der Waals surface area (Å²) in [6, 6.07) is 7.14. The number of carboxylic acid groups (broad SMARTS) is 1. The molecule has 24 heavy (non-hydrogen) atoms. The van der Waals surface area contributed by atoms with E-state index in [1.165, 1.54) is 0 Å². The first-order valence-electron chi connectivity index (χ1n) is 7.52. The lowest BCUT2D eigenvalue weighted by atomic mass is 10.2. The Morgan fingerprint density at radius 1 is 1.38 bits per heavy atom. The minimum absolute atomic E-state index is 0.0725. The van der Waals surface area contributed by atoms with Crippen LogP contribution in [-0.4, -0.2) is 44.8 Å². The molecule has 1 aliphatic heterocycles. The van der Waals surface area contributed by atoms with E-state index in [0.717, 1.165) is 31.5 Å². The summed E-state index contributed by atoms with van der Waals surface area (Å²) in [5.41, 5.74) is 0.613. The number of aromatic amines is 1. The summed E-state index contributed by atoms with van der Waals surface area (Å²) in [6.45, 7) is 2.10. The van der Waals surface area contributed by atoms with Crippen LogP contribution in [0.4, 0.5) is 0 Å². The third kappa shape index (κ3) is 4.28. The SMILES string of the molecule is O=C(O)c1[nH]nnc1Oc1cccc(C#CSC2CCNCC2)c1. The summed E-state index contributed by atoms with van der Waals surface area (Å²) in [4.78, 5) is 11.0. The molecule has 3 rings (SSSR count). The molecule has 0 aliphatic carbocycles. The Hall–Kier alpha value is -2.50. The molecule has 2 heterocycles. The van der Waals surface area contributed by atoms with Crippen molar-refractivity contribution in [3.63, 3.8) is 0 Å². The van der Waals surface area contributed by atoms with Crippen molar-refractivity contribution in [2.75, 3.05) is 13.1 Å². The van der Waals surface area contributed by atoms with Gasteiger partial charge in [0.05, 0.1) is 0 Å². The summed E-state index contributed by atoms with van der Waals surface area (Å²) in [7, 11) is 0. The number of H-pyrrole nitrogens is 1. The normalized spacial score (nSPS) is 14.7. The van der Waals surface area contributed by atoms with Gasteiger partial charge in [-0.1, -0.05) is 34.1 Å². The zero-order valence-corrected chi connectivity index (χ0v) is 13.6. The van der Waals surface area contributed by atoms with Gasteiger partial charge in [0.1, 0.15) is 5.75 Å². The fraction of sp³-hybridized carbons (Fsp3) is 0.312. The Balaban J connectivity index is 1.66. The zero-order chi connectivity index (χ0) is 16.8. The second-order valence-electron chi connectivity index (χ2n) is 5.22. The number of carboxylic acids is 1. The van der Waals surface area contributed by atoms with E-state index in [0.29, 0.717) is 11.0 Å². The van der Waals surface area contributed by atoms with Crippen LogP contribution in [0.15, 0.2) is 24.3 Å². The van der Waals surface area contributed by atoms with E-state index in [9.17, 15) is 4.79 Å². The molecular weight excluding hydrogens is 328 g/mol. The number of hydrogen-bond donors (Lipinski definition) is 3. The van der Waals surface area contributed by atoms with E-state index < -0.39 is 5.97 Å². The molecule has 0 bridgehead atoms. The van der Waals surface area contributed by atoms with Crippen molar-refractivity contribution in [2.24, 2.45) is 0 Å². The van der Waals surface area contributed by atoms with Gasteiger partial charge in [-0.15, -0.1) is 0 Å². The van der Waals surface area contributed by atoms with Crippen molar-refractivity contribution in [2.45, 2.75) is 18.1 Å². The van der Waals surface area contributed by atoms with Crippen LogP contribution in [-0.2, 0) is 0 Å². The maximum absolute atomic E-state index is 11.0. The molecule has 1 aromatic carbocycles. The van der Waals surface area contributed by atoms with Crippen LogP contribution >= 0.6 is 11.8 Å². The highest BCUT2D eigenvalue weighted by molar-refractivity contribution is 8.04. The molecule has 124 valence electrons. The number of aromatic nitrogens is 3. The molecule has 3 N–H and O–H groups in total. The van der Waals surface area contributed by atoms with Gasteiger partial charge in [-0.3, -0.25) is 0 Å². The molecule has 0 radical (unpaired) electrons. The van der Waals surface area contributed by atoms with Crippen molar-refractivity contribution in [3.8, 4) is 22.8 Å². The molecule has 1 fully saturated rings. The quantitative estimate of drug-likeness (QED) is 0.730. The molecule has 8 heteroatoms.